The lowest BCUT2D eigenvalue weighted by molar-refractivity contribution is 0.00578. The van der Waals surface area contributed by atoms with Crippen LogP contribution in [-0.4, -0.2) is 72.6 Å². The lowest BCUT2D eigenvalue weighted by atomic mass is 9.78. The molecule has 7 heteroatoms. The van der Waals surface area contributed by atoms with Gasteiger partial charge in [-0.15, -0.1) is 0 Å². The molecule has 1 N–H and O–H groups in total. The molecule has 0 aliphatic carbocycles. The van der Waals surface area contributed by atoms with Gasteiger partial charge >= 0.3 is 7.12 Å². The summed E-state index contributed by atoms with van der Waals surface area (Å²) in [7, 11) is -0.670. The monoisotopic (exact) mass is 364 g/mol. The van der Waals surface area contributed by atoms with Crippen LogP contribution < -0.4 is 5.46 Å². The Balaban J connectivity index is 1.62. The topological polar surface area (TPSA) is 45.2 Å². The summed E-state index contributed by atoms with van der Waals surface area (Å²) in [5.74, 6) is -0.278. The summed E-state index contributed by atoms with van der Waals surface area (Å²) in [5.41, 5.74) is 0.465. The molecule has 2 aliphatic rings. The van der Waals surface area contributed by atoms with Crippen molar-refractivity contribution in [1.82, 2.24) is 9.80 Å². The number of aliphatic hydroxyl groups excluding tert-OH is 1. The van der Waals surface area contributed by atoms with Gasteiger partial charge in [0.2, 0.25) is 0 Å². The molecule has 26 heavy (non-hydrogen) atoms. The maximum Gasteiger partial charge on any atom is 0.497 e. The van der Waals surface area contributed by atoms with Crippen LogP contribution in [0.5, 0.6) is 0 Å². The molecule has 2 heterocycles. The second-order valence-electron chi connectivity index (χ2n) is 8.29. The Labute approximate surface area is 156 Å². The van der Waals surface area contributed by atoms with Crippen LogP contribution in [0.2, 0.25) is 0 Å². The highest BCUT2D eigenvalue weighted by Crippen LogP contribution is 2.36. The first kappa shape index (κ1) is 19.8. The maximum absolute atomic E-state index is 14.7. The van der Waals surface area contributed by atoms with Crippen molar-refractivity contribution in [3.63, 3.8) is 0 Å². The first-order chi connectivity index (χ1) is 12.2. The van der Waals surface area contributed by atoms with Crippen LogP contribution in [0.3, 0.4) is 0 Å². The molecule has 3 rings (SSSR count). The molecule has 0 amide bonds. The number of piperazine rings is 1. The van der Waals surface area contributed by atoms with E-state index in [1.807, 2.05) is 33.8 Å². The molecule has 2 fully saturated rings. The molecule has 5 nitrogen and oxygen atoms in total. The van der Waals surface area contributed by atoms with Gasteiger partial charge in [0.1, 0.15) is 5.82 Å². The fourth-order valence-corrected chi connectivity index (χ4v) is 3.40. The minimum Gasteiger partial charge on any atom is -0.399 e. The summed E-state index contributed by atoms with van der Waals surface area (Å²) in [5, 5.41) is 9.01. The average molecular weight is 364 g/mol. The van der Waals surface area contributed by atoms with E-state index in [1.54, 1.807) is 12.1 Å². The zero-order chi connectivity index (χ0) is 18.9. The third-order valence-corrected chi connectivity index (χ3v) is 5.86. The Hall–Kier alpha value is -0.985. The van der Waals surface area contributed by atoms with E-state index < -0.39 is 18.3 Å². The summed E-state index contributed by atoms with van der Waals surface area (Å²) < 4.78 is 26.6. The number of hydrogen-bond donors (Lipinski definition) is 1. The number of rotatable bonds is 5. The van der Waals surface area contributed by atoms with Gasteiger partial charge < -0.3 is 14.4 Å². The average Bonchev–Trinajstić information content (AvgIpc) is 2.77. The summed E-state index contributed by atoms with van der Waals surface area (Å²) >= 11 is 0. The van der Waals surface area contributed by atoms with Gasteiger partial charge in [-0.25, -0.2) is 4.39 Å². The van der Waals surface area contributed by atoms with Gasteiger partial charge in [0, 0.05) is 44.7 Å². The fourth-order valence-electron chi connectivity index (χ4n) is 3.40. The van der Waals surface area contributed by atoms with Crippen molar-refractivity contribution in [2.45, 2.75) is 45.4 Å². The number of β-amino-alcohol motifs (C(OH)–C–C–N with tert-alkyl or cyclic N) is 1. The third-order valence-electron chi connectivity index (χ3n) is 5.86. The van der Waals surface area contributed by atoms with Crippen molar-refractivity contribution in [1.29, 1.82) is 0 Å². The zero-order valence-corrected chi connectivity index (χ0v) is 16.3. The molecule has 0 bridgehead atoms. The molecule has 0 spiro atoms. The number of aliphatic hydroxyl groups is 1. The molecule has 0 radical (unpaired) electrons. The molecule has 0 aromatic heterocycles. The van der Waals surface area contributed by atoms with Gasteiger partial charge in [-0.05, 0) is 39.3 Å². The number of halogens is 1. The highest BCUT2D eigenvalue weighted by Gasteiger charge is 2.52. The fraction of sp³-hybridized carbons (Fsp3) is 0.684. The zero-order valence-electron chi connectivity index (χ0n) is 16.3. The molecule has 0 atom stereocenters. The molecule has 0 saturated carbocycles. The molecule has 1 aromatic rings. The van der Waals surface area contributed by atoms with Crippen LogP contribution in [0.4, 0.5) is 4.39 Å². The first-order valence-electron chi connectivity index (χ1n) is 9.41. The van der Waals surface area contributed by atoms with Crippen LogP contribution in [0.1, 0.15) is 33.3 Å². The Kier molecular flexibility index (Phi) is 5.75. The van der Waals surface area contributed by atoms with Crippen molar-refractivity contribution in [2.24, 2.45) is 0 Å². The van der Waals surface area contributed by atoms with Gasteiger partial charge in [-0.1, -0.05) is 12.1 Å². The number of nitrogens with zero attached hydrogens (tertiary/aromatic N) is 2. The van der Waals surface area contributed by atoms with E-state index in [4.69, 9.17) is 14.4 Å². The van der Waals surface area contributed by atoms with Crippen molar-refractivity contribution in [3.05, 3.63) is 29.6 Å². The van der Waals surface area contributed by atoms with E-state index in [0.717, 1.165) is 44.8 Å². The molecule has 1 aromatic carbocycles. The second kappa shape index (κ2) is 7.56. The van der Waals surface area contributed by atoms with Gasteiger partial charge in [0.05, 0.1) is 17.8 Å². The Bertz CT molecular complexity index is 617. The largest absolute Gasteiger partial charge is 0.497 e. The molecular weight excluding hydrogens is 334 g/mol. The molecule has 0 unspecified atom stereocenters. The van der Waals surface area contributed by atoms with Crippen LogP contribution in [0, 0.1) is 5.82 Å². The minimum absolute atomic E-state index is 0.200. The molecule has 2 aliphatic heterocycles. The van der Waals surface area contributed by atoms with Gasteiger partial charge in [0.15, 0.2) is 0 Å². The van der Waals surface area contributed by atoms with Crippen molar-refractivity contribution >= 4 is 12.6 Å². The first-order valence-corrected chi connectivity index (χ1v) is 9.41. The summed E-state index contributed by atoms with van der Waals surface area (Å²) in [6, 6.07) is 5.35. The van der Waals surface area contributed by atoms with Crippen molar-refractivity contribution in [2.75, 3.05) is 39.3 Å². The van der Waals surface area contributed by atoms with Crippen LogP contribution in [0.25, 0.3) is 0 Å². The Morgan fingerprint density at radius 1 is 1.04 bits per heavy atom. The van der Waals surface area contributed by atoms with Crippen LogP contribution in [0.15, 0.2) is 18.2 Å². The van der Waals surface area contributed by atoms with Gasteiger partial charge in [-0.3, -0.25) is 9.80 Å². The van der Waals surface area contributed by atoms with E-state index >= 15 is 0 Å². The number of benzene rings is 1. The Morgan fingerprint density at radius 3 is 2.15 bits per heavy atom. The maximum atomic E-state index is 14.7. The summed E-state index contributed by atoms with van der Waals surface area (Å²) in [4.78, 5) is 4.57. The second-order valence-corrected chi connectivity index (χ2v) is 8.29. The van der Waals surface area contributed by atoms with Gasteiger partial charge in [-0.2, -0.15) is 0 Å². The molecular formula is C19H30BFN2O3. The quantitative estimate of drug-likeness (QED) is 0.797. The molecule has 2 saturated heterocycles. The van der Waals surface area contributed by atoms with Crippen molar-refractivity contribution < 1.29 is 18.8 Å². The van der Waals surface area contributed by atoms with E-state index in [0.29, 0.717) is 5.46 Å². The Morgan fingerprint density at radius 2 is 1.62 bits per heavy atom. The number of hydrogen-bond acceptors (Lipinski definition) is 5. The SMILES string of the molecule is CC1(C)OB(c2ccc(CN3CCN(CCO)CC3)cc2F)OC1(C)C. The minimum atomic E-state index is -0.670. The van der Waals surface area contributed by atoms with Crippen LogP contribution >= 0.6 is 0 Å². The highest BCUT2D eigenvalue weighted by molar-refractivity contribution is 6.62. The lowest BCUT2D eigenvalue weighted by Crippen LogP contribution is -2.46. The van der Waals surface area contributed by atoms with Gasteiger partial charge in [0.25, 0.3) is 0 Å². The predicted molar refractivity (Wildman–Crippen MR) is 101 cm³/mol. The van der Waals surface area contributed by atoms with E-state index in [1.165, 1.54) is 0 Å². The molecule has 144 valence electrons. The predicted octanol–water partition coefficient (Wildman–Crippen LogP) is 1.23. The van der Waals surface area contributed by atoms with Crippen molar-refractivity contribution in [3.8, 4) is 0 Å². The third kappa shape index (κ3) is 4.12. The summed E-state index contributed by atoms with van der Waals surface area (Å²) in [6.07, 6.45) is 0. The normalized spacial score (nSPS) is 23.5. The lowest BCUT2D eigenvalue weighted by Gasteiger charge is -2.34. The smallest absolute Gasteiger partial charge is 0.399 e. The van der Waals surface area contributed by atoms with E-state index in [9.17, 15) is 4.39 Å². The summed E-state index contributed by atoms with van der Waals surface area (Å²) in [6.45, 7) is 13.3. The van der Waals surface area contributed by atoms with E-state index in [-0.39, 0.29) is 12.4 Å². The highest BCUT2D eigenvalue weighted by atomic mass is 19.1. The van der Waals surface area contributed by atoms with Crippen LogP contribution in [-0.2, 0) is 15.9 Å². The van der Waals surface area contributed by atoms with E-state index in [2.05, 4.69) is 9.80 Å². The standard InChI is InChI=1S/C19H30BFN2O3/c1-18(2)19(3,4)26-20(25-18)16-6-5-15(13-17(16)21)14-23-9-7-22(8-10-23)11-12-24/h5-6,13,24H,7-12,14H2,1-4H3.